The van der Waals surface area contributed by atoms with Crippen molar-refractivity contribution in [3.8, 4) is 0 Å². The predicted octanol–water partition coefficient (Wildman–Crippen LogP) is 1.60. The highest BCUT2D eigenvalue weighted by Crippen LogP contribution is 2.20. The largest absolute Gasteiger partial charge is 0.354 e. The average molecular weight is 337 g/mol. The number of likely N-dealkylation sites (tertiary alicyclic amines) is 1. The minimum absolute atomic E-state index is 0.0824. The number of amides is 2. The minimum Gasteiger partial charge on any atom is -0.354 e. The molecule has 1 saturated heterocycles. The smallest absolute Gasteiger partial charge is 0.237 e. The molecule has 0 aromatic carbocycles. The molecule has 0 bridgehead atoms. The molecule has 0 radical (unpaired) electrons. The molecule has 1 aromatic rings. The molecule has 1 unspecified atom stereocenters. The summed E-state index contributed by atoms with van der Waals surface area (Å²) in [4.78, 5) is 29.4. The van der Waals surface area contributed by atoms with Gasteiger partial charge in [0.1, 0.15) is 0 Å². The van der Waals surface area contributed by atoms with Gasteiger partial charge in [0, 0.05) is 31.4 Å². The van der Waals surface area contributed by atoms with Crippen LogP contribution in [-0.4, -0.2) is 61.4 Å². The van der Waals surface area contributed by atoms with E-state index in [2.05, 4.69) is 21.7 Å². The number of nitrogens with one attached hydrogen (secondary N) is 1. The van der Waals surface area contributed by atoms with E-state index in [4.69, 9.17) is 0 Å². The topological polar surface area (TPSA) is 52.7 Å². The lowest BCUT2D eigenvalue weighted by Gasteiger charge is -2.35. The van der Waals surface area contributed by atoms with E-state index in [0.717, 1.165) is 32.4 Å². The summed E-state index contributed by atoms with van der Waals surface area (Å²) in [5.74, 6) is 0.395. The summed E-state index contributed by atoms with van der Waals surface area (Å²) in [6, 6.07) is 3.99. The summed E-state index contributed by atoms with van der Waals surface area (Å²) < 4.78 is 0. The maximum Gasteiger partial charge on any atom is 0.237 e. The highest BCUT2D eigenvalue weighted by Gasteiger charge is 2.30. The molecule has 1 aliphatic heterocycles. The summed E-state index contributed by atoms with van der Waals surface area (Å²) in [5, 5.41) is 5.08. The Labute approximate surface area is 142 Å². The quantitative estimate of drug-likeness (QED) is 0.858. The van der Waals surface area contributed by atoms with Crippen LogP contribution in [0.3, 0.4) is 0 Å². The Kier molecular flexibility index (Phi) is 6.59. The number of carbonyl (C=O) groups excluding carboxylic acids is 2. The summed E-state index contributed by atoms with van der Waals surface area (Å²) in [6.07, 6.45) is 2.56. The third-order valence-corrected chi connectivity index (χ3v) is 5.43. The fourth-order valence-electron chi connectivity index (χ4n) is 2.98. The van der Waals surface area contributed by atoms with Gasteiger partial charge in [-0.1, -0.05) is 6.07 Å². The number of piperidine rings is 1. The lowest BCUT2D eigenvalue weighted by atomic mass is 9.94. The van der Waals surface area contributed by atoms with Gasteiger partial charge in [0.25, 0.3) is 0 Å². The number of thiophene rings is 1. The Morgan fingerprint density at radius 2 is 2.09 bits per heavy atom. The summed E-state index contributed by atoms with van der Waals surface area (Å²) in [6.45, 7) is 4.25. The molecule has 1 fully saturated rings. The zero-order valence-corrected chi connectivity index (χ0v) is 15.1. The van der Waals surface area contributed by atoms with Crippen LogP contribution in [0.2, 0.25) is 0 Å². The van der Waals surface area contributed by atoms with Crippen LogP contribution in [0.1, 0.15) is 24.6 Å². The second kappa shape index (κ2) is 8.45. The van der Waals surface area contributed by atoms with Gasteiger partial charge in [-0.05, 0) is 50.7 Å². The Hall–Kier alpha value is -1.40. The maximum atomic E-state index is 12.3. The first kappa shape index (κ1) is 17.9. The predicted molar refractivity (Wildman–Crippen MR) is 93.5 cm³/mol. The molecule has 1 N–H and O–H groups in total. The van der Waals surface area contributed by atoms with Crippen molar-refractivity contribution < 1.29 is 9.59 Å². The molecule has 1 atom stereocenters. The van der Waals surface area contributed by atoms with Gasteiger partial charge < -0.3 is 10.2 Å². The van der Waals surface area contributed by atoms with Gasteiger partial charge in [-0.3, -0.25) is 14.5 Å². The number of hydrogen-bond acceptors (Lipinski definition) is 4. The molecule has 1 aliphatic rings. The molecule has 128 valence electrons. The van der Waals surface area contributed by atoms with E-state index in [0.29, 0.717) is 6.54 Å². The number of carbonyl (C=O) groups is 2. The van der Waals surface area contributed by atoms with Crippen LogP contribution in [0.5, 0.6) is 0 Å². The van der Waals surface area contributed by atoms with Gasteiger partial charge in [-0.2, -0.15) is 0 Å². The zero-order valence-electron chi connectivity index (χ0n) is 14.2. The summed E-state index contributed by atoms with van der Waals surface area (Å²) >= 11 is 1.72. The molecular weight excluding hydrogens is 310 g/mol. The van der Waals surface area contributed by atoms with Gasteiger partial charge in [0.05, 0.1) is 6.04 Å². The Morgan fingerprint density at radius 1 is 1.39 bits per heavy atom. The highest BCUT2D eigenvalue weighted by atomic mass is 32.1. The molecule has 5 nitrogen and oxygen atoms in total. The van der Waals surface area contributed by atoms with E-state index in [-0.39, 0.29) is 23.8 Å². The summed E-state index contributed by atoms with van der Waals surface area (Å²) in [5.41, 5.74) is 0. The summed E-state index contributed by atoms with van der Waals surface area (Å²) in [7, 11) is 3.61. The molecule has 0 aliphatic carbocycles. The van der Waals surface area contributed by atoms with Gasteiger partial charge >= 0.3 is 0 Å². The van der Waals surface area contributed by atoms with E-state index in [1.165, 1.54) is 4.88 Å². The van der Waals surface area contributed by atoms with Crippen molar-refractivity contribution in [3.05, 3.63) is 22.4 Å². The van der Waals surface area contributed by atoms with Crippen molar-refractivity contribution in [2.75, 3.05) is 33.7 Å². The molecular formula is C17H27N3O2S. The fourth-order valence-corrected chi connectivity index (χ4v) is 3.69. The monoisotopic (exact) mass is 337 g/mol. The fraction of sp³-hybridized carbons (Fsp3) is 0.647. The Bertz CT molecular complexity index is 508. The van der Waals surface area contributed by atoms with Crippen molar-refractivity contribution in [3.63, 3.8) is 0 Å². The van der Waals surface area contributed by atoms with Crippen LogP contribution in [0.25, 0.3) is 0 Å². The van der Waals surface area contributed by atoms with Gasteiger partial charge in [0.15, 0.2) is 0 Å². The van der Waals surface area contributed by atoms with Crippen molar-refractivity contribution in [2.24, 2.45) is 5.92 Å². The molecule has 0 saturated carbocycles. The lowest BCUT2D eigenvalue weighted by molar-refractivity contribution is -0.135. The first-order valence-electron chi connectivity index (χ1n) is 8.24. The molecule has 2 rings (SSSR count). The molecule has 0 spiro atoms. The van der Waals surface area contributed by atoms with Crippen LogP contribution in [0.15, 0.2) is 17.5 Å². The third-order valence-electron chi connectivity index (χ3n) is 4.50. The van der Waals surface area contributed by atoms with E-state index in [1.54, 1.807) is 30.3 Å². The highest BCUT2D eigenvalue weighted by molar-refractivity contribution is 7.09. The maximum absolute atomic E-state index is 12.3. The van der Waals surface area contributed by atoms with Crippen LogP contribution < -0.4 is 5.32 Å². The van der Waals surface area contributed by atoms with Gasteiger partial charge in [-0.25, -0.2) is 0 Å². The van der Waals surface area contributed by atoms with Gasteiger partial charge in [0.2, 0.25) is 11.8 Å². The standard InChI is InChI=1S/C17H27N3O2S/c1-13(16(21)18-9-6-15-5-4-12-23-15)20-10-7-14(8-11-20)17(22)19(2)3/h4-5,12-14H,6-11H2,1-3H3,(H,18,21). The van der Waals surface area contributed by atoms with Crippen LogP contribution in [-0.2, 0) is 16.0 Å². The SMILES string of the molecule is CC(C(=O)NCCc1cccs1)N1CCC(C(=O)N(C)C)CC1. The molecule has 2 heterocycles. The Morgan fingerprint density at radius 3 is 2.65 bits per heavy atom. The average Bonchev–Trinajstić information content (AvgIpc) is 3.06. The van der Waals surface area contributed by atoms with E-state index in [1.807, 2.05) is 13.0 Å². The van der Waals surface area contributed by atoms with Crippen molar-refractivity contribution in [1.82, 2.24) is 15.1 Å². The van der Waals surface area contributed by atoms with E-state index in [9.17, 15) is 9.59 Å². The second-order valence-corrected chi connectivity index (χ2v) is 7.37. The van der Waals surface area contributed by atoms with Gasteiger partial charge in [-0.15, -0.1) is 11.3 Å². The molecule has 23 heavy (non-hydrogen) atoms. The van der Waals surface area contributed by atoms with E-state index < -0.39 is 0 Å². The van der Waals surface area contributed by atoms with Crippen LogP contribution >= 0.6 is 11.3 Å². The van der Waals surface area contributed by atoms with Crippen molar-refractivity contribution in [2.45, 2.75) is 32.2 Å². The first-order chi connectivity index (χ1) is 11.0. The van der Waals surface area contributed by atoms with E-state index >= 15 is 0 Å². The normalized spacial score (nSPS) is 17.7. The third kappa shape index (κ3) is 5.04. The van der Waals surface area contributed by atoms with Crippen LogP contribution in [0, 0.1) is 5.92 Å². The number of nitrogens with zero attached hydrogens (tertiary/aromatic N) is 2. The second-order valence-electron chi connectivity index (χ2n) is 6.34. The number of hydrogen-bond donors (Lipinski definition) is 1. The first-order valence-corrected chi connectivity index (χ1v) is 9.12. The van der Waals surface area contributed by atoms with Crippen molar-refractivity contribution in [1.29, 1.82) is 0 Å². The minimum atomic E-state index is -0.131. The molecule has 2 amide bonds. The lowest BCUT2D eigenvalue weighted by Crippen LogP contribution is -2.50. The Balaban J connectivity index is 1.72. The molecule has 1 aromatic heterocycles. The van der Waals surface area contributed by atoms with Crippen molar-refractivity contribution >= 4 is 23.2 Å². The number of rotatable bonds is 6. The molecule has 6 heteroatoms. The zero-order chi connectivity index (χ0) is 16.8. The van der Waals surface area contributed by atoms with Crippen LogP contribution in [0.4, 0.5) is 0 Å².